The number of carbonyl (C=O) groups is 1. The van der Waals surface area contributed by atoms with Gasteiger partial charge in [0.05, 0.1) is 25.7 Å². The van der Waals surface area contributed by atoms with Crippen LogP contribution in [0.2, 0.25) is 0 Å². The predicted octanol–water partition coefficient (Wildman–Crippen LogP) is 3.56. The molecule has 0 radical (unpaired) electrons. The zero-order chi connectivity index (χ0) is 20.2. The number of amides is 1. The Morgan fingerprint density at radius 3 is 2.83 bits per heavy atom. The molecule has 2 aromatic heterocycles. The highest BCUT2D eigenvalue weighted by Crippen LogP contribution is 2.40. The number of rotatable bonds is 9. The van der Waals surface area contributed by atoms with Crippen molar-refractivity contribution in [3.8, 4) is 5.75 Å². The van der Waals surface area contributed by atoms with Crippen LogP contribution < -0.4 is 4.74 Å². The van der Waals surface area contributed by atoms with E-state index < -0.39 is 0 Å². The van der Waals surface area contributed by atoms with E-state index in [1.807, 2.05) is 36.4 Å². The minimum atomic E-state index is 0.0291. The molecule has 1 aliphatic carbocycles. The standard InChI is InChI=1S/C21H24N4O3S/c1-24(12-16-6-3-4-8-18(16)27-2)19(26)14-29-21-23-22-20(15-9-10-15)25(21)13-17-7-5-11-28-17/h3-8,11,15H,9-10,12-14H2,1-2H3. The van der Waals surface area contributed by atoms with Crippen molar-refractivity contribution in [2.24, 2.45) is 0 Å². The van der Waals surface area contributed by atoms with E-state index in [4.69, 9.17) is 9.15 Å². The number of hydrogen-bond donors (Lipinski definition) is 0. The third kappa shape index (κ3) is 4.64. The molecule has 29 heavy (non-hydrogen) atoms. The number of aromatic nitrogens is 3. The first-order valence-corrected chi connectivity index (χ1v) is 10.6. The molecule has 0 bridgehead atoms. The lowest BCUT2D eigenvalue weighted by Crippen LogP contribution is -2.28. The molecular formula is C21H24N4O3S. The first-order valence-electron chi connectivity index (χ1n) is 9.60. The molecule has 1 fully saturated rings. The van der Waals surface area contributed by atoms with Gasteiger partial charge in [-0.2, -0.15) is 0 Å². The molecule has 4 rings (SSSR count). The molecule has 7 nitrogen and oxygen atoms in total. The van der Waals surface area contributed by atoms with Crippen LogP contribution in [0.3, 0.4) is 0 Å². The van der Waals surface area contributed by atoms with Gasteiger partial charge in [0.2, 0.25) is 5.91 Å². The van der Waals surface area contributed by atoms with Crippen molar-refractivity contribution in [3.63, 3.8) is 0 Å². The fourth-order valence-corrected chi connectivity index (χ4v) is 4.06. The van der Waals surface area contributed by atoms with Crippen molar-refractivity contribution in [2.75, 3.05) is 19.9 Å². The van der Waals surface area contributed by atoms with Crippen molar-refractivity contribution in [3.05, 3.63) is 59.8 Å². The van der Waals surface area contributed by atoms with Crippen LogP contribution in [-0.4, -0.2) is 45.5 Å². The van der Waals surface area contributed by atoms with Gasteiger partial charge in [-0.15, -0.1) is 10.2 Å². The van der Waals surface area contributed by atoms with E-state index in [9.17, 15) is 4.79 Å². The van der Waals surface area contributed by atoms with Gasteiger partial charge in [0.1, 0.15) is 17.3 Å². The molecule has 0 spiro atoms. The van der Waals surface area contributed by atoms with E-state index in [1.165, 1.54) is 11.8 Å². The maximum Gasteiger partial charge on any atom is 0.233 e. The number of nitrogens with zero attached hydrogens (tertiary/aromatic N) is 4. The van der Waals surface area contributed by atoms with Gasteiger partial charge >= 0.3 is 0 Å². The first kappa shape index (κ1) is 19.6. The topological polar surface area (TPSA) is 73.4 Å². The highest BCUT2D eigenvalue weighted by atomic mass is 32.2. The third-order valence-corrected chi connectivity index (χ3v) is 5.88. The van der Waals surface area contributed by atoms with Crippen LogP contribution in [-0.2, 0) is 17.9 Å². The summed E-state index contributed by atoms with van der Waals surface area (Å²) < 4.78 is 13.0. The molecular weight excluding hydrogens is 388 g/mol. The molecule has 1 aliphatic rings. The zero-order valence-electron chi connectivity index (χ0n) is 16.6. The van der Waals surface area contributed by atoms with Crippen molar-refractivity contribution >= 4 is 17.7 Å². The number of hydrogen-bond acceptors (Lipinski definition) is 6. The van der Waals surface area contributed by atoms with E-state index in [1.54, 1.807) is 25.3 Å². The molecule has 0 aliphatic heterocycles. The third-order valence-electron chi connectivity index (χ3n) is 4.93. The van der Waals surface area contributed by atoms with Crippen LogP contribution in [0, 0.1) is 0 Å². The van der Waals surface area contributed by atoms with Gasteiger partial charge in [0.25, 0.3) is 0 Å². The second-order valence-electron chi connectivity index (χ2n) is 7.13. The Bertz CT molecular complexity index is 966. The van der Waals surface area contributed by atoms with Crippen LogP contribution in [0.1, 0.15) is 35.9 Å². The highest BCUT2D eigenvalue weighted by molar-refractivity contribution is 7.99. The monoisotopic (exact) mass is 412 g/mol. The fourth-order valence-electron chi connectivity index (χ4n) is 3.17. The molecule has 1 aromatic carbocycles. The predicted molar refractivity (Wildman–Crippen MR) is 110 cm³/mol. The van der Waals surface area contributed by atoms with Crippen molar-refractivity contribution in [1.29, 1.82) is 0 Å². The molecule has 8 heteroatoms. The lowest BCUT2D eigenvalue weighted by Gasteiger charge is -2.18. The van der Waals surface area contributed by atoms with Gasteiger partial charge in [-0.1, -0.05) is 30.0 Å². The molecule has 1 amide bonds. The van der Waals surface area contributed by atoms with Crippen LogP contribution in [0.15, 0.2) is 52.2 Å². The SMILES string of the molecule is COc1ccccc1CN(C)C(=O)CSc1nnc(C2CC2)n1Cc1ccco1. The van der Waals surface area contributed by atoms with Gasteiger partial charge in [-0.25, -0.2) is 0 Å². The summed E-state index contributed by atoms with van der Waals surface area (Å²) >= 11 is 1.42. The normalized spacial score (nSPS) is 13.4. The van der Waals surface area contributed by atoms with Gasteiger partial charge in [-0.3, -0.25) is 9.36 Å². The zero-order valence-corrected chi connectivity index (χ0v) is 17.4. The summed E-state index contributed by atoms with van der Waals surface area (Å²) in [4.78, 5) is 14.4. The van der Waals surface area contributed by atoms with Gasteiger partial charge in [0.15, 0.2) is 5.16 Å². The number of carbonyl (C=O) groups excluding carboxylic acids is 1. The molecule has 0 atom stereocenters. The van der Waals surface area contributed by atoms with Gasteiger partial charge in [-0.05, 0) is 31.0 Å². The smallest absolute Gasteiger partial charge is 0.233 e. The number of furan rings is 1. The fraction of sp³-hybridized carbons (Fsp3) is 0.381. The average molecular weight is 413 g/mol. The molecule has 0 saturated heterocycles. The van der Waals surface area contributed by atoms with E-state index in [-0.39, 0.29) is 5.91 Å². The number of para-hydroxylation sites is 1. The summed E-state index contributed by atoms with van der Waals surface area (Å²) in [5, 5.41) is 9.48. The molecule has 2 heterocycles. The number of benzene rings is 1. The number of ether oxygens (including phenoxy) is 1. The van der Waals surface area contributed by atoms with E-state index in [0.717, 1.165) is 40.9 Å². The van der Waals surface area contributed by atoms with E-state index >= 15 is 0 Å². The lowest BCUT2D eigenvalue weighted by atomic mass is 10.2. The van der Waals surface area contributed by atoms with Crippen molar-refractivity contribution in [2.45, 2.75) is 37.0 Å². The highest BCUT2D eigenvalue weighted by Gasteiger charge is 2.31. The van der Waals surface area contributed by atoms with E-state index in [0.29, 0.717) is 24.8 Å². The Labute approximate surface area is 174 Å². The van der Waals surface area contributed by atoms with E-state index in [2.05, 4.69) is 14.8 Å². The Kier molecular flexibility index (Phi) is 5.89. The quantitative estimate of drug-likeness (QED) is 0.501. The molecule has 0 N–H and O–H groups in total. The minimum absolute atomic E-state index is 0.0291. The van der Waals surface area contributed by atoms with Crippen LogP contribution in [0.4, 0.5) is 0 Å². The first-order chi connectivity index (χ1) is 14.2. The second kappa shape index (κ2) is 8.73. The summed E-state index contributed by atoms with van der Waals surface area (Å²) in [6.45, 7) is 1.08. The van der Waals surface area contributed by atoms with Gasteiger partial charge < -0.3 is 14.1 Å². The van der Waals surface area contributed by atoms with Crippen LogP contribution in [0.5, 0.6) is 5.75 Å². The van der Waals surface area contributed by atoms with Crippen molar-refractivity contribution < 1.29 is 13.9 Å². The van der Waals surface area contributed by atoms with Crippen LogP contribution >= 0.6 is 11.8 Å². The summed E-state index contributed by atoms with van der Waals surface area (Å²) in [6.07, 6.45) is 3.95. The number of methoxy groups -OCH3 is 1. The Morgan fingerprint density at radius 2 is 2.10 bits per heavy atom. The largest absolute Gasteiger partial charge is 0.496 e. The molecule has 0 unspecified atom stereocenters. The summed E-state index contributed by atoms with van der Waals surface area (Å²) in [6, 6.07) is 11.6. The average Bonchev–Trinajstić information content (AvgIpc) is 3.30. The lowest BCUT2D eigenvalue weighted by molar-refractivity contribution is -0.127. The minimum Gasteiger partial charge on any atom is -0.496 e. The Balaban J connectivity index is 1.41. The number of thioether (sulfide) groups is 1. The summed E-state index contributed by atoms with van der Waals surface area (Å²) in [5.74, 6) is 3.42. The Morgan fingerprint density at radius 1 is 1.28 bits per heavy atom. The summed E-state index contributed by atoms with van der Waals surface area (Å²) in [5.41, 5.74) is 0.979. The Hall–Kier alpha value is -2.74. The second-order valence-corrected chi connectivity index (χ2v) is 8.07. The molecule has 3 aromatic rings. The maximum absolute atomic E-state index is 12.7. The van der Waals surface area contributed by atoms with Gasteiger partial charge in [0, 0.05) is 25.1 Å². The maximum atomic E-state index is 12.7. The van der Waals surface area contributed by atoms with Crippen LogP contribution in [0.25, 0.3) is 0 Å². The molecule has 152 valence electrons. The summed E-state index contributed by atoms with van der Waals surface area (Å²) in [7, 11) is 3.44. The molecule has 1 saturated carbocycles. The van der Waals surface area contributed by atoms with Crippen molar-refractivity contribution in [1.82, 2.24) is 19.7 Å².